The number of furan rings is 1. The van der Waals surface area contributed by atoms with E-state index in [4.69, 9.17) is 4.42 Å². The summed E-state index contributed by atoms with van der Waals surface area (Å²) < 4.78 is 6.79. The highest BCUT2D eigenvalue weighted by Gasteiger charge is 2.22. The molecule has 10 aromatic rings. The highest BCUT2D eigenvalue weighted by atomic mass is 16.3. The van der Waals surface area contributed by atoms with Gasteiger partial charge in [-0.15, -0.1) is 0 Å². The summed E-state index contributed by atoms with van der Waals surface area (Å²) in [5.74, 6) is 0. The molecule has 244 valence electrons. The van der Waals surface area contributed by atoms with Crippen molar-refractivity contribution in [2.75, 3.05) is 4.90 Å². The lowest BCUT2D eigenvalue weighted by Gasteiger charge is -2.27. The molecule has 2 nitrogen and oxygen atoms in total. The smallest absolute Gasteiger partial charge is 0.143 e. The summed E-state index contributed by atoms with van der Waals surface area (Å²) in [5, 5.41) is 6.84. The van der Waals surface area contributed by atoms with Gasteiger partial charge in [-0.3, -0.25) is 0 Å². The van der Waals surface area contributed by atoms with Crippen LogP contribution in [0.3, 0.4) is 0 Å². The number of hydrogen-bond donors (Lipinski definition) is 0. The summed E-state index contributed by atoms with van der Waals surface area (Å²) in [6.45, 7) is 0. The van der Waals surface area contributed by atoms with Crippen LogP contribution >= 0.6 is 0 Å². The van der Waals surface area contributed by atoms with Gasteiger partial charge < -0.3 is 9.32 Å². The van der Waals surface area contributed by atoms with Crippen molar-refractivity contribution in [1.82, 2.24) is 0 Å². The maximum Gasteiger partial charge on any atom is 0.143 e. The van der Waals surface area contributed by atoms with Gasteiger partial charge in [0.15, 0.2) is 0 Å². The van der Waals surface area contributed by atoms with Gasteiger partial charge in [-0.1, -0.05) is 158 Å². The average Bonchev–Trinajstić information content (AvgIpc) is 3.61. The first kappa shape index (κ1) is 30.0. The topological polar surface area (TPSA) is 16.4 Å². The van der Waals surface area contributed by atoms with Crippen molar-refractivity contribution in [2.24, 2.45) is 0 Å². The Labute approximate surface area is 302 Å². The van der Waals surface area contributed by atoms with Crippen LogP contribution in [-0.4, -0.2) is 0 Å². The molecule has 0 saturated heterocycles. The Kier molecular flexibility index (Phi) is 7.18. The fourth-order valence-corrected chi connectivity index (χ4v) is 7.73. The third kappa shape index (κ3) is 5.12. The second-order valence-electron chi connectivity index (χ2n) is 13.3. The van der Waals surface area contributed by atoms with Gasteiger partial charge in [0.2, 0.25) is 0 Å². The minimum absolute atomic E-state index is 0.879. The fourth-order valence-electron chi connectivity index (χ4n) is 7.73. The predicted molar refractivity (Wildman–Crippen MR) is 220 cm³/mol. The maximum absolute atomic E-state index is 6.79. The summed E-state index contributed by atoms with van der Waals surface area (Å²) in [4.78, 5) is 2.40. The van der Waals surface area contributed by atoms with Crippen molar-refractivity contribution < 1.29 is 4.42 Å². The Morgan fingerprint density at radius 1 is 0.346 bits per heavy atom. The Morgan fingerprint density at radius 3 is 1.73 bits per heavy atom. The Morgan fingerprint density at radius 2 is 0.942 bits per heavy atom. The van der Waals surface area contributed by atoms with E-state index in [2.05, 4.69) is 205 Å². The number of hydrogen-bond acceptors (Lipinski definition) is 2. The summed E-state index contributed by atoms with van der Waals surface area (Å²) in [7, 11) is 0. The van der Waals surface area contributed by atoms with E-state index in [1.165, 1.54) is 33.0 Å². The molecule has 0 aliphatic heterocycles. The SMILES string of the molecule is c1ccc(-c2ccc(N(c3ccc4ccccc4c3)c3cc4c(oc5cccc(-c6cccc(-c7ccccc7)c6)c54)c4ccccc34)cc2)cc1. The van der Waals surface area contributed by atoms with Gasteiger partial charge in [-0.05, 0) is 86.6 Å². The summed E-state index contributed by atoms with van der Waals surface area (Å²) in [6, 6.07) is 71.6. The molecule has 0 aliphatic rings. The largest absolute Gasteiger partial charge is 0.455 e. The van der Waals surface area contributed by atoms with Gasteiger partial charge in [0, 0.05) is 32.9 Å². The molecular formula is C50H33NO. The van der Waals surface area contributed by atoms with Crippen LogP contribution in [0.5, 0.6) is 0 Å². The standard InChI is InChI=1S/C50H33NO/c1-3-13-34(14-4-1)37-25-28-41(29-26-37)51(42-30-27-36-17-7-8-18-39(36)32-42)47-33-46-49-43(40-20-11-19-38(31-40)35-15-5-2-6-16-35)23-12-24-48(49)52-50(46)45-22-10-9-21-44(45)47/h1-33H. The molecule has 1 heterocycles. The quantitative estimate of drug-likeness (QED) is 0.176. The molecule has 0 fully saturated rings. The summed E-state index contributed by atoms with van der Waals surface area (Å²) >= 11 is 0. The van der Waals surface area contributed by atoms with E-state index < -0.39 is 0 Å². The molecule has 0 atom stereocenters. The zero-order valence-corrected chi connectivity index (χ0v) is 28.4. The van der Waals surface area contributed by atoms with Crippen molar-refractivity contribution in [3.05, 3.63) is 200 Å². The molecule has 0 aliphatic carbocycles. The van der Waals surface area contributed by atoms with E-state index in [-0.39, 0.29) is 0 Å². The molecule has 0 unspecified atom stereocenters. The van der Waals surface area contributed by atoms with E-state index in [0.29, 0.717) is 0 Å². The lowest BCUT2D eigenvalue weighted by Crippen LogP contribution is -2.10. The number of benzene rings is 9. The maximum atomic E-state index is 6.79. The van der Waals surface area contributed by atoms with E-state index >= 15 is 0 Å². The van der Waals surface area contributed by atoms with Gasteiger partial charge in [-0.2, -0.15) is 0 Å². The molecule has 52 heavy (non-hydrogen) atoms. The molecule has 0 bridgehead atoms. The molecule has 0 saturated carbocycles. The zero-order chi connectivity index (χ0) is 34.4. The highest BCUT2D eigenvalue weighted by Crippen LogP contribution is 2.47. The Balaban J connectivity index is 1.23. The number of fused-ring (bicyclic) bond motifs is 6. The van der Waals surface area contributed by atoms with Gasteiger partial charge in [-0.25, -0.2) is 0 Å². The lowest BCUT2D eigenvalue weighted by atomic mass is 9.94. The van der Waals surface area contributed by atoms with Crippen LogP contribution in [0.4, 0.5) is 17.1 Å². The van der Waals surface area contributed by atoms with Crippen LogP contribution in [-0.2, 0) is 0 Å². The zero-order valence-electron chi connectivity index (χ0n) is 28.4. The van der Waals surface area contributed by atoms with Crippen molar-refractivity contribution in [3.8, 4) is 33.4 Å². The molecule has 0 radical (unpaired) electrons. The summed E-state index contributed by atoms with van der Waals surface area (Å²) in [6.07, 6.45) is 0. The van der Waals surface area contributed by atoms with Crippen molar-refractivity contribution in [2.45, 2.75) is 0 Å². The van der Waals surface area contributed by atoms with Crippen LogP contribution in [0.25, 0.3) is 76.9 Å². The summed E-state index contributed by atoms with van der Waals surface area (Å²) in [5.41, 5.74) is 12.2. The molecule has 0 amide bonds. The van der Waals surface area contributed by atoms with Crippen LogP contribution in [0.1, 0.15) is 0 Å². The van der Waals surface area contributed by atoms with E-state index in [1.807, 2.05) is 0 Å². The molecule has 9 aromatic carbocycles. The van der Waals surface area contributed by atoms with Gasteiger partial charge in [0.05, 0.1) is 5.69 Å². The van der Waals surface area contributed by atoms with Gasteiger partial charge in [0.25, 0.3) is 0 Å². The van der Waals surface area contributed by atoms with Crippen LogP contribution in [0.2, 0.25) is 0 Å². The van der Waals surface area contributed by atoms with Crippen LogP contribution < -0.4 is 4.90 Å². The second-order valence-corrected chi connectivity index (χ2v) is 13.3. The van der Waals surface area contributed by atoms with Gasteiger partial charge in [0.1, 0.15) is 11.2 Å². The van der Waals surface area contributed by atoms with E-state index in [1.54, 1.807) is 0 Å². The average molecular weight is 664 g/mol. The number of anilines is 3. The highest BCUT2D eigenvalue weighted by molar-refractivity contribution is 6.22. The number of rotatable bonds is 6. The minimum Gasteiger partial charge on any atom is -0.455 e. The van der Waals surface area contributed by atoms with Gasteiger partial charge >= 0.3 is 0 Å². The Bertz CT molecular complexity index is 2890. The molecule has 10 rings (SSSR count). The molecular weight excluding hydrogens is 631 g/mol. The van der Waals surface area contributed by atoms with E-state index in [0.717, 1.165) is 60.9 Å². The van der Waals surface area contributed by atoms with Crippen LogP contribution in [0, 0.1) is 0 Å². The normalized spacial score (nSPS) is 11.5. The minimum atomic E-state index is 0.879. The van der Waals surface area contributed by atoms with Crippen molar-refractivity contribution >= 4 is 60.5 Å². The fraction of sp³-hybridized carbons (Fsp3) is 0. The molecule has 0 spiro atoms. The monoisotopic (exact) mass is 663 g/mol. The third-order valence-electron chi connectivity index (χ3n) is 10.2. The molecule has 2 heteroatoms. The van der Waals surface area contributed by atoms with Crippen molar-refractivity contribution in [1.29, 1.82) is 0 Å². The first-order valence-corrected chi connectivity index (χ1v) is 17.8. The Hall–Kier alpha value is -6.90. The molecule has 1 aromatic heterocycles. The molecule has 0 N–H and O–H groups in total. The third-order valence-corrected chi connectivity index (χ3v) is 10.2. The lowest BCUT2D eigenvalue weighted by molar-refractivity contribution is 0.673. The predicted octanol–water partition coefficient (Wildman–Crippen LogP) is 14.4. The first-order valence-electron chi connectivity index (χ1n) is 17.8. The van der Waals surface area contributed by atoms with E-state index in [9.17, 15) is 0 Å². The van der Waals surface area contributed by atoms with Crippen LogP contribution in [0.15, 0.2) is 205 Å². The van der Waals surface area contributed by atoms with Crippen molar-refractivity contribution in [3.63, 3.8) is 0 Å². The first-order chi connectivity index (χ1) is 25.8. The second kappa shape index (κ2) is 12.5. The number of nitrogens with zero attached hydrogens (tertiary/aromatic N) is 1.